The lowest BCUT2D eigenvalue weighted by Gasteiger charge is -2.12. The van der Waals surface area contributed by atoms with Crippen molar-refractivity contribution in [2.24, 2.45) is 0 Å². The van der Waals surface area contributed by atoms with Gasteiger partial charge in [0.05, 0.1) is 22.1 Å². The molecule has 0 aliphatic carbocycles. The van der Waals surface area contributed by atoms with E-state index in [4.69, 9.17) is 0 Å². The predicted molar refractivity (Wildman–Crippen MR) is 244 cm³/mol. The summed E-state index contributed by atoms with van der Waals surface area (Å²) < 4.78 is 7.52. The second kappa shape index (κ2) is 12.7. The van der Waals surface area contributed by atoms with Crippen molar-refractivity contribution in [2.45, 2.75) is 0 Å². The van der Waals surface area contributed by atoms with Crippen molar-refractivity contribution in [1.82, 2.24) is 9.13 Å². The number of fused-ring (bicyclic) bond motifs is 9. The first-order valence-electron chi connectivity index (χ1n) is 19.5. The van der Waals surface area contributed by atoms with Gasteiger partial charge in [-0.05, 0) is 82.4 Å². The molecule has 12 rings (SSSR count). The van der Waals surface area contributed by atoms with Gasteiger partial charge in [-0.25, -0.2) is 0 Å². The van der Waals surface area contributed by atoms with E-state index in [2.05, 4.69) is 215 Å². The SMILES string of the molecule is c1ccc(-n2c3ccccc3c3cccc(-c4ccc5c(c4)c4ccccc4n5-c4ccc(-c5ccc(-c6cccc7c6sc6ccccc67)cc5)cc4)c32)cc1. The summed E-state index contributed by atoms with van der Waals surface area (Å²) in [7, 11) is 0. The molecule has 2 nitrogen and oxygen atoms in total. The van der Waals surface area contributed by atoms with E-state index in [1.54, 1.807) is 0 Å². The van der Waals surface area contributed by atoms with E-state index >= 15 is 0 Å². The molecule has 0 N–H and O–H groups in total. The van der Waals surface area contributed by atoms with E-state index in [1.165, 1.54) is 97.2 Å². The quantitative estimate of drug-likeness (QED) is 0.166. The molecule has 0 spiro atoms. The predicted octanol–water partition coefficient (Wildman–Crippen LogP) is 15.2. The number of rotatable bonds is 5. The summed E-state index contributed by atoms with van der Waals surface area (Å²) in [5.74, 6) is 0. The molecule has 0 bridgehead atoms. The highest BCUT2D eigenvalue weighted by Gasteiger charge is 2.19. The zero-order valence-electron chi connectivity index (χ0n) is 30.9. The minimum absolute atomic E-state index is 1.15. The van der Waals surface area contributed by atoms with Crippen LogP contribution >= 0.6 is 11.3 Å². The number of thiophene rings is 1. The Morgan fingerprint density at radius 3 is 1.60 bits per heavy atom. The van der Waals surface area contributed by atoms with Gasteiger partial charge >= 0.3 is 0 Å². The molecule has 9 aromatic carbocycles. The van der Waals surface area contributed by atoms with E-state index in [1.807, 2.05) is 11.3 Å². The van der Waals surface area contributed by atoms with Crippen LogP contribution in [0.15, 0.2) is 206 Å². The van der Waals surface area contributed by atoms with Crippen LogP contribution < -0.4 is 0 Å². The van der Waals surface area contributed by atoms with Gasteiger partial charge in [-0.1, -0.05) is 152 Å². The maximum Gasteiger partial charge on any atom is 0.0619 e. The summed E-state index contributed by atoms with van der Waals surface area (Å²) in [6.45, 7) is 0. The molecule has 266 valence electrons. The molecule has 3 heterocycles. The monoisotopic (exact) mass is 742 g/mol. The lowest BCUT2D eigenvalue weighted by molar-refractivity contribution is 1.18. The van der Waals surface area contributed by atoms with Crippen LogP contribution in [0.25, 0.3) is 109 Å². The van der Waals surface area contributed by atoms with Crippen LogP contribution in [0.2, 0.25) is 0 Å². The lowest BCUT2D eigenvalue weighted by Crippen LogP contribution is -1.95. The van der Waals surface area contributed by atoms with Gasteiger partial charge < -0.3 is 9.13 Å². The second-order valence-corrected chi connectivity index (χ2v) is 15.9. The summed E-state index contributed by atoms with van der Waals surface area (Å²) in [6, 6.07) is 75.5. The number of benzene rings is 9. The number of aromatic nitrogens is 2. The van der Waals surface area contributed by atoms with E-state index in [0.29, 0.717) is 0 Å². The summed E-state index contributed by atoms with van der Waals surface area (Å²) >= 11 is 1.88. The van der Waals surface area contributed by atoms with Crippen molar-refractivity contribution in [2.75, 3.05) is 0 Å². The van der Waals surface area contributed by atoms with Crippen LogP contribution in [0.4, 0.5) is 0 Å². The first kappa shape index (κ1) is 32.1. The minimum atomic E-state index is 1.15. The Morgan fingerprint density at radius 2 is 0.825 bits per heavy atom. The molecule has 0 saturated carbocycles. The van der Waals surface area contributed by atoms with Gasteiger partial charge in [-0.2, -0.15) is 0 Å². The van der Waals surface area contributed by atoms with Crippen molar-refractivity contribution in [3.8, 4) is 44.8 Å². The molecule has 12 aromatic rings. The zero-order chi connectivity index (χ0) is 37.5. The zero-order valence-corrected chi connectivity index (χ0v) is 31.7. The van der Waals surface area contributed by atoms with Gasteiger partial charge in [-0.15, -0.1) is 11.3 Å². The lowest BCUT2D eigenvalue weighted by atomic mass is 9.99. The third-order valence-corrected chi connectivity index (χ3v) is 13.0. The molecular formula is C54H34N2S. The largest absolute Gasteiger partial charge is 0.309 e. The Bertz CT molecular complexity index is 3490. The van der Waals surface area contributed by atoms with Gasteiger partial charge in [-0.3, -0.25) is 0 Å². The van der Waals surface area contributed by atoms with E-state index < -0.39 is 0 Å². The van der Waals surface area contributed by atoms with Crippen molar-refractivity contribution < 1.29 is 0 Å². The van der Waals surface area contributed by atoms with Crippen LogP contribution in [0.1, 0.15) is 0 Å². The molecule has 0 radical (unpaired) electrons. The summed E-state index contributed by atoms with van der Waals surface area (Å²) in [5.41, 5.74) is 14.5. The molecular weight excluding hydrogens is 709 g/mol. The standard InChI is InChI=1S/C54H34N2S/c1-2-12-39(13-3-1)56-50-22-8-4-14-43(50)46-19-10-17-41(53(46)56)38-30-33-51-48(34-38)44-15-5-7-21-49(44)55(51)40-31-28-36(29-32-40)35-24-26-37(27-25-35)42-18-11-20-47-45-16-6-9-23-52(45)57-54(42)47/h1-34H. The Labute approximate surface area is 333 Å². The van der Waals surface area contributed by atoms with Crippen molar-refractivity contribution in [1.29, 1.82) is 0 Å². The van der Waals surface area contributed by atoms with Crippen molar-refractivity contribution in [3.63, 3.8) is 0 Å². The van der Waals surface area contributed by atoms with Gasteiger partial charge in [0.2, 0.25) is 0 Å². The summed E-state index contributed by atoms with van der Waals surface area (Å²) in [6.07, 6.45) is 0. The smallest absolute Gasteiger partial charge is 0.0619 e. The van der Waals surface area contributed by atoms with Crippen LogP contribution in [0.3, 0.4) is 0 Å². The normalized spacial score (nSPS) is 11.9. The molecule has 0 saturated heterocycles. The Morgan fingerprint density at radius 1 is 0.298 bits per heavy atom. The average Bonchev–Trinajstić information content (AvgIpc) is 3.95. The number of nitrogens with zero attached hydrogens (tertiary/aromatic N) is 2. The van der Waals surface area contributed by atoms with Crippen LogP contribution in [-0.2, 0) is 0 Å². The van der Waals surface area contributed by atoms with Crippen LogP contribution in [-0.4, -0.2) is 9.13 Å². The van der Waals surface area contributed by atoms with Gasteiger partial charge in [0, 0.05) is 58.7 Å². The van der Waals surface area contributed by atoms with Crippen molar-refractivity contribution in [3.05, 3.63) is 206 Å². The maximum atomic E-state index is 2.42. The van der Waals surface area contributed by atoms with Crippen LogP contribution in [0.5, 0.6) is 0 Å². The second-order valence-electron chi connectivity index (χ2n) is 14.9. The highest BCUT2D eigenvalue weighted by atomic mass is 32.1. The minimum Gasteiger partial charge on any atom is -0.309 e. The fourth-order valence-electron chi connectivity index (χ4n) is 9.14. The molecule has 0 amide bonds. The fraction of sp³-hybridized carbons (Fsp3) is 0. The molecule has 0 fully saturated rings. The molecule has 57 heavy (non-hydrogen) atoms. The maximum absolute atomic E-state index is 2.42. The summed E-state index contributed by atoms with van der Waals surface area (Å²) in [5, 5.41) is 7.69. The van der Waals surface area contributed by atoms with Gasteiger partial charge in [0.1, 0.15) is 0 Å². The van der Waals surface area contributed by atoms with E-state index in [-0.39, 0.29) is 0 Å². The third-order valence-electron chi connectivity index (χ3n) is 11.8. The van der Waals surface area contributed by atoms with Crippen LogP contribution in [0, 0.1) is 0 Å². The first-order chi connectivity index (χ1) is 28.3. The molecule has 0 atom stereocenters. The highest BCUT2D eigenvalue weighted by molar-refractivity contribution is 7.26. The summed E-state index contributed by atoms with van der Waals surface area (Å²) in [4.78, 5) is 0. The molecule has 0 unspecified atom stereocenters. The topological polar surface area (TPSA) is 9.86 Å². The Hall–Kier alpha value is -7.20. The Balaban J connectivity index is 0.939. The van der Waals surface area contributed by atoms with Gasteiger partial charge in [0.25, 0.3) is 0 Å². The Kier molecular flexibility index (Phi) is 7.13. The highest BCUT2D eigenvalue weighted by Crippen LogP contribution is 2.42. The number of para-hydroxylation sites is 4. The van der Waals surface area contributed by atoms with E-state index in [9.17, 15) is 0 Å². The first-order valence-corrected chi connectivity index (χ1v) is 20.3. The molecule has 3 heteroatoms. The fourth-order valence-corrected chi connectivity index (χ4v) is 10.4. The van der Waals surface area contributed by atoms with Gasteiger partial charge in [0.15, 0.2) is 0 Å². The van der Waals surface area contributed by atoms with E-state index in [0.717, 1.165) is 11.4 Å². The molecule has 3 aromatic heterocycles. The third kappa shape index (κ3) is 4.96. The number of hydrogen-bond acceptors (Lipinski definition) is 1. The number of hydrogen-bond donors (Lipinski definition) is 0. The van der Waals surface area contributed by atoms with Crippen molar-refractivity contribution >= 4 is 75.1 Å². The average molecular weight is 743 g/mol. The molecule has 0 aliphatic heterocycles. The molecule has 0 aliphatic rings.